The van der Waals surface area contributed by atoms with E-state index in [1.54, 1.807) is 0 Å². The van der Waals surface area contributed by atoms with Crippen molar-refractivity contribution in [3.05, 3.63) is 29.8 Å². The summed E-state index contributed by atoms with van der Waals surface area (Å²) in [6.07, 6.45) is 1.48. The Labute approximate surface area is 123 Å². The van der Waals surface area contributed by atoms with Crippen molar-refractivity contribution < 1.29 is 4.74 Å². The molecule has 1 aromatic carbocycles. The third-order valence-electron chi connectivity index (χ3n) is 3.68. The van der Waals surface area contributed by atoms with Gasteiger partial charge in [-0.15, -0.1) is 0 Å². The molecule has 0 spiro atoms. The summed E-state index contributed by atoms with van der Waals surface area (Å²) in [6, 6.07) is 8.70. The summed E-state index contributed by atoms with van der Waals surface area (Å²) in [5, 5.41) is 0. The van der Waals surface area contributed by atoms with E-state index < -0.39 is 0 Å². The maximum Gasteiger partial charge on any atom is 0.0767 e. The summed E-state index contributed by atoms with van der Waals surface area (Å²) < 4.78 is 6.02. The molecule has 3 heteroatoms. The summed E-state index contributed by atoms with van der Waals surface area (Å²) in [7, 11) is 0. The van der Waals surface area contributed by atoms with Crippen LogP contribution in [-0.4, -0.2) is 25.8 Å². The highest BCUT2D eigenvalue weighted by Crippen LogP contribution is 2.24. The van der Waals surface area contributed by atoms with E-state index >= 15 is 0 Å². The van der Waals surface area contributed by atoms with Crippen LogP contribution in [0.5, 0.6) is 0 Å². The molecule has 1 fully saturated rings. The van der Waals surface area contributed by atoms with Crippen molar-refractivity contribution in [1.29, 1.82) is 0 Å². The van der Waals surface area contributed by atoms with Crippen molar-refractivity contribution in [3.63, 3.8) is 0 Å². The maximum absolute atomic E-state index is 6.02. The second-order valence-electron chi connectivity index (χ2n) is 7.11. The highest BCUT2D eigenvalue weighted by atomic mass is 16.5. The number of anilines is 1. The summed E-state index contributed by atoms with van der Waals surface area (Å²) in [5.74, 6) is 0. The molecule has 2 N–H and O–H groups in total. The molecule has 1 aliphatic heterocycles. The second-order valence-corrected chi connectivity index (χ2v) is 7.11. The number of rotatable bonds is 4. The molecule has 2 atom stereocenters. The van der Waals surface area contributed by atoms with Crippen LogP contribution in [0.2, 0.25) is 0 Å². The first kappa shape index (κ1) is 15.3. The van der Waals surface area contributed by atoms with Crippen LogP contribution in [0.15, 0.2) is 24.3 Å². The smallest absolute Gasteiger partial charge is 0.0767 e. The summed E-state index contributed by atoms with van der Waals surface area (Å²) in [5.41, 5.74) is 8.59. The highest BCUT2D eigenvalue weighted by molar-refractivity contribution is 5.49. The lowest BCUT2D eigenvalue weighted by Crippen LogP contribution is -2.26. The Hall–Kier alpha value is -1.06. The van der Waals surface area contributed by atoms with E-state index in [9.17, 15) is 0 Å². The number of hydrogen-bond donors (Lipinski definition) is 1. The number of benzene rings is 1. The van der Waals surface area contributed by atoms with E-state index in [1.165, 1.54) is 11.3 Å². The monoisotopic (exact) mass is 276 g/mol. The molecule has 0 saturated carbocycles. The number of ether oxygens (including phenoxy) is 1. The van der Waals surface area contributed by atoms with Gasteiger partial charge in [-0.2, -0.15) is 0 Å². The van der Waals surface area contributed by atoms with E-state index in [1.807, 2.05) is 6.92 Å². The lowest BCUT2D eigenvalue weighted by Gasteiger charge is -2.23. The topological polar surface area (TPSA) is 38.5 Å². The van der Waals surface area contributed by atoms with E-state index in [-0.39, 0.29) is 11.5 Å². The molecule has 1 aliphatic rings. The lowest BCUT2D eigenvalue weighted by atomic mass is 9.98. The van der Waals surface area contributed by atoms with Gasteiger partial charge in [0.25, 0.3) is 0 Å². The zero-order valence-electron chi connectivity index (χ0n) is 13.2. The molecule has 3 nitrogen and oxygen atoms in total. The quantitative estimate of drug-likeness (QED) is 0.916. The molecule has 0 aliphatic carbocycles. The fourth-order valence-corrected chi connectivity index (χ4v) is 2.46. The van der Waals surface area contributed by atoms with Crippen molar-refractivity contribution in [3.8, 4) is 0 Å². The standard InChI is InChI=1S/C17H28N2O/c1-13(18)14-5-7-15(8-6-14)19-10-9-16(11-19)20-12-17(2,3)4/h5-8,13,16H,9-12,18H2,1-4H3/t13?,16-/m1/s1. The molecule has 2 rings (SSSR count). The predicted molar refractivity (Wildman–Crippen MR) is 85.1 cm³/mol. The van der Waals surface area contributed by atoms with Crippen LogP contribution in [-0.2, 0) is 4.74 Å². The van der Waals surface area contributed by atoms with Gasteiger partial charge in [-0.1, -0.05) is 32.9 Å². The summed E-state index contributed by atoms with van der Waals surface area (Å²) in [6.45, 7) is 11.6. The zero-order valence-corrected chi connectivity index (χ0v) is 13.2. The molecule has 112 valence electrons. The van der Waals surface area contributed by atoms with Crippen LogP contribution < -0.4 is 10.6 Å². The Bertz CT molecular complexity index is 420. The third kappa shape index (κ3) is 4.22. The van der Waals surface area contributed by atoms with Crippen LogP contribution in [0.25, 0.3) is 0 Å². The first-order valence-corrected chi connectivity index (χ1v) is 7.57. The van der Waals surface area contributed by atoms with Crippen LogP contribution >= 0.6 is 0 Å². The second kappa shape index (κ2) is 6.15. The minimum atomic E-state index is 0.102. The van der Waals surface area contributed by atoms with Gasteiger partial charge < -0.3 is 15.4 Å². The van der Waals surface area contributed by atoms with Crippen molar-refractivity contribution >= 4 is 5.69 Å². The van der Waals surface area contributed by atoms with Gasteiger partial charge >= 0.3 is 0 Å². The van der Waals surface area contributed by atoms with Crippen molar-refractivity contribution in [2.45, 2.75) is 46.3 Å². The van der Waals surface area contributed by atoms with Crippen molar-refractivity contribution in [1.82, 2.24) is 0 Å². The van der Waals surface area contributed by atoms with Gasteiger partial charge in [-0.25, -0.2) is 0 Å². The Morgan fingerprint density at radius 2 is 1.95 bits per heavy atom. The fourth-order valence-electron chi connectivity index (χ4n) is 2.46. The summed E-state index contributed by atoms with van der Waals surface area (Å²) >= 11 is 0. The Morgan fingerprint density at radius 1 is 1.30 bits per heavy atom. The van der Waals surface area contributed by atoms with Gasteiger partial charge in [0.1, 0.15) is 0 Å². The molecular weight excluding hydrogens is 248 g/mol. The van der Waals surface area contributed by atoms with E-state index in [4.69, 9.17) is 10.5 Å². The van der Waals surface area contributed by atoms with Gasteiger partial charge in [0.15, 0.2) is 0 Å². The van der Waals surface area contributed by atoms with E-state index in [2.05, 4.69) is 49.9 Å². The molecule has 0 radical (unpaired) electrons. The normalized spacial score (nSPS) is 21.2. The van der Waals surface area contributed by atoms with Gasteiger partial charge in [0.05, 0.1) is 12.7 Å². The van der Waals surface area contributed by atoms with Crippen LogP contribution in [0.4, 0.5) is 5.69 Å². The van der Waals surface area contributed by atoms with E-state index in [0.29, 0.717) is 6.10 Å². The molecule has 20 heavy (non-hydrogen) atoms. The van der Waals surface area contributed by atoms with Crippen molar-refractivity contribution in [2.75, 3.05) is 24.6 Å². The number of nitrogens with two attached hydrogens (primary N) is 1. The van der Waals surface area contributed by atoms with Crippen LogP contribution in [0, 0.1) is 5.41 Å². The summed E-state index contributed by atoms with van der Waals surface area (Å²) in [4.78, 5) is 2.40. The van der Waals surface area contributed by atoms with Gasteiger partial charge in [-0.3, -0.25) is 0 Å². The zero-order chi connectivity index (χ0) is 14.8. The number of nitrogens with zero attached hydrogens (tertiary/aromatic N) is 1. The van der Waals surface area contributed by atoms with Crippen LogP contribution in [0.1, 0.15) is 45.7 Å². The molecule has 1 heterocycles. The van der Waals surface area contributed by atoms with Gasteiger partial charge in [0, 0.05) is 24.8 Å². The number of hydrogen-bond acceptors (Lipinski definition) is 3. The molecule has 0 bridgehead atoms. The molecule has 1 saturated heterocycles. The van der Waals surface area contributed by atoms with Gasteiger partial charge in [0.2, 0.25) is 0 Å². The Morgan fingerprint density at radius 3 is 2.50 bits per heavy atom. The Kier molecular flexibility index (Phi) is 4.71. The minimum absolute atomic E-state index is 0.102. The minimum Gasteiger partial charge on any atom is -0.376 e. The maximum atomic E-state index is 6.02. The molecule has 1 aromatic rings. The highest BCUT2D eigenvalue weighted by Gasteiger charge is 2.24. The average Bonchev–Trinajstić information content (AvgIpc) is 2.84. The average molecular weight is 276 g/mol. The van der Waals surface area contributed by atoms with Crippen molar-refractivity contribution in [2.24, 2.45) is 11.1 Å². The first-order chi connectivity index (χ1) is 9.35. The Balaban J connectivity index is 1.89. The largest absolute Gasteiger partial charge is 0.376 e. The molecule has 0 aromatic heterocycles. The molecular formula is C17H28N2O. The third-order valence-corrected chi connectivity index (χ3v) is 3.68. The van der Waals surface area contributed by atoms with Crippen LogP contribution in [0.3, 0.4) is 0 Å². The SMILES string of the molecule is CC(N)c1ccc(N2CC[C@@H](OCC(C)(C)C)C2)cc1. The lowest BCUT2D eigenvalue weighted by molar-refractivity contribution is 0.0205. The predicted octanol–water partition coefficient (Wildman–Crippen LogP) is 3.35. The van der Waals surface area contributed by atoms with Gasteiger partial charge in [-0.05, 0) is 36.5 Å². The molecule has 1 unspecified atom stereocenters. The fraction of sp³-hybridized carbons (Fsp3) is 0.647. The first-order valence-electron chi connectivity index (χ1n) is 7.57. The van der Waals surface area contributed by atoms with E-state index in [0.717, 1.165) is 26.1 Å². The molecule has 0 amide bonds.